The lowest BCUT2D eigenvalue weighted by molar-refractivity contribution is -0.135. The number of hydrogen-bond donors (Lipinski definition) is 1. The lowest BCUT2D eigenvalue weighted by Crippen LogP contribution is -2.33. The van der Waals surface area contributed by atoms with Crippen molar-refractivity contribution in [2.45, 2.75) is 19.4 Å². The predicted molar refractivity (Wildman–Crippen MR) is 76.4 cm³/mol. The molecule has 1 aliphatic heterocycles. The first-order valence-electron chi connectivity index (χ1n) is 6.83. The molecule has 1 aromatic rings. The molecule has 6 heteroatoms. The van der Waals surface area contributed by atoms with Crippen molar-refractivity contribution in [3.05, 3.63) is 29.8 Å². The number of hydroxylamine groups is 1. The molecule has 0 aromatic heterocycles. The van der Waals surface area contributed by atoms with Crippen LogP contribution in [0.4, 0.5) is 0 Å². The third-order valence-electron chi connectivity index (χ3n) is 3.80. The second-order valence-corrected chi connectivity index (χ2v) is 5.07. The van der Waals surface area contributed by atoms with E-state index in [1.165, 1.54) is 7.11 Å². The van der Waals surface area contributed by atoms with Gasteiger partial charge in [-0.1, -0.05) is 12.1 Å². The summed E-state index contributed by atoms with van der Waals surface area (Å²) in [6.45, 7) is 2.36. The fraction of sp³-hybridized carbons (Fsp3) is 0.467. The van der Waals surface area contributed by atoms with Gasteiger partial charge in [-0.05, 0) is 24.6 Å². The Morgan fingerprint density at radius 2 is 2.00 bits per heavy atom. The second-order valence-electron chi connectivity index (χ2n) is 5.07. The summed E-state index contributed by atoms with van der Waals surface area (Å²) in [5, 5.41) is 0. The number of carbonyl (C=O) groups is 2. The average Bonchev–Trinajstić information content (AvgIpc) is 2.89. The molecular weight excluding hydrogens is 272 g/mol. The van der Waals surface area contributed by atoms with Crippen LogP contribution in [0.25, 0.3) is 0 Å². The van der Waals surface area contributed by atoms with E-state index in [4.69, 9.17) is 4.74 Å². The fourth-order valence-electron chi connectivity index (χ4n) is 2.53. The number of ether oxygens (including phenoxy) is 1. The maximum absolute atomic E-state index is 12.1. The highest BCUT2D eigenvalue weighted by atomic mass is 16.6. The van der Waals surface area contributed by atoms with Crippen LogP contribution in [0.3, 0.4) is 0 Å². The van der Waals surface area contributed by atoms with Gasteiger partial charge in [0.1, 0.15) is 5.75 Å². The molecule has 0 bridgehead atoms. The molecule has 1 aromatic carbocycles. The molecule has 2 rings (SSSR count). The highest BCUT2D eigenvalue weighted by Crippen LogP contribution is 2.29. The summed E-state index contributed by atoms with van der Waals surface area (Å²) in [7, 11) is 2.99. The topological polar surface area (TPSA) is 67.9 Å². The highest BCUT2D eigenvalue weighted by molar-refractivity contribution is 5.89. The third kappa shape index (κ3) is 3.33. The van der Waals surface area contributed by atoms with E-state index in [1.54, 1.807) is 12.0 Å². The maximum Gasteiger partial charge on any atom is 0.248 e. The smallest absolute Gasteiger partial charge is 0.248 e. The summed E-state index contributed by atoms with van der Waals surface area (Å²) in [6.07, 6.45) is 0.218. The van der Waals surface area contributed by atoms with Crippen LogP contribution in [0.2, 0.25) is 0 Å². The van der Waals surface area contributed by atoms with Crippen LogP contribution in [0, 0.1) is 5.92 Å². The molecule has 1 saturated heterocycles. The zero-order valence-electron chi connectivity index (χ0n) is 12.5. The molecule has 21 heavy (non-hydrogen) atoms. The van der Waals surface area contributed by atoms with Gasteiger partial charge in [-0.25, -0.2) is 5.48 Å². The Morgan fingerprint density at radius 3 is 2.57 bits per heavy atom. The number of nitrogens with zero attached hydrogens (tertiary/aromatic N) is 1. The monoisotopic (exact) mass is 292 g/mol. The van der Waals surface area contributed by atoms with Crippen LogP contribution in [0.5, 0.6) is 5.75 Å². The molecular formula is C15H20N2O4. The first-order chi connectivity index (χ1) is 10.1. The number of hydrogen-bond acceptors (Lipinski definition) is 4. The number of rotatable bonds is 5. The van der Waals surface area contributed by atoms with Crippen molar-refractivity contribution in [2.75, 3.05) is 20.8 Å². The molecule has 6 nitrogen and oxygen atoms in total. The first-order valence-corrected chi connectivity index (χ1v) is 6.83. The zero-order valence-corrected chi connectivity index (χ0v) is 12.5. The Bertz CT molecular complexity index is 515. The van der Waals surface area contributed by atoms with Crippen LogP contribution in [0.15, 0.2) is 24.3 Å². The number of amides is 2. The highest BCUT2D eigenvalue weighted by Gasteiger charge is 2.37. The lowest BCUT2D eigenvalue weighted by Gasteiger charge is -2.25. The minimum absolute atomic E-state index is 0.0189. The molecule has 2 atom stereocenters. The average molecular weight is 292 g/mol. The molecule has 2 amide bonds. The predicted octanol–water partition coefficient (Wildman–Crippen LogP) is 1.28. The van der Waals surface area contributed by atoms with Crippen LogP contribution >= 0.6 is 0 Å². The Labute approximate surface area is 124 Å². The van der Waals surface area contributed by atoms with E-state index in [0.717, 1.165) is 11.3 Å². The van der Waals surface area contributed by atoms with Crippen LogP contribution < -0.4 is 10.2 Å². The van der Waals surface area contributed by atoms with Crippen LogP contribution in [0.1, 0.15) is 24.9 Å². The molecule has 1 unspecified atom stereocenters. The number of nitrogens with one attached hydrogen (secondary N) is 1. The Kier molecular flexibility index (Phi) is 4.80. The molecule has 1 heterocycles. The molecule has 114 valence electrons. The van der Waals surface area contributed by atoms with Gasteiger partial charge in [0.2, 0.25) is 11.8 Å². The molecule has 0 saturated carbocycles. The maximum atomic E-state index is 12.1. The standard InChI is InChI=1S/C15H20N2O4/c1-10(11-4-6-13(20-2)7-5-11)17-9-12(8-14(17)18)15(19)16-21-3/h4-7,10,12H,8-9H2,1-3H3,(H,16,19)/t10?,12-/m1/s1. The van der Waals surface area contributed by atoms with E-state index >= 15 is 0 Å². The lowest BCUT2D eigenvalue weighted by atomic mass is 10.1. The van der Waals surface area contributed by atoms with Crippen LogP contribution in [-0.2, 0) is 14.4 Å². The van der Waals surface area contributed by atoms with Crippen molar-refractivity contribution in [1.29, 1.82) is 0 Å². The number of carbonyl (C=O) groups excluding carboxylic acids is 2. The van der Waals surface area contributed by atoms with E-state index in [1.807, 2.05) is 31.2 Å². The zero-order chi connectivity index (χ0) is 15.4. The molecule has 0 radical (unpaired) electrons. The van der Waals surface area contributed by atoms with E-state index in [-0.39, 0.29) is 30.2 Å². The third-order valence-corrected chi connectivity index (χ3v) is 3.80. The number of benzene rings is 1. The van der Waals surface area contributed by atoms with Gasteiger partial charge in [0.05, 0.1) is 26.2 Å². The van der Waals surface area contributed by atoms with E-state index in [9.17, 15) is 9.59 Å². The largest absolute Gasteiger partial charge is 0.497 e. The minimum atomic E-state index is -0.363. The molecule has 1 aliphatic rings. The van der Waals surface area contributed by atoms with Gasteiger partial charge >= 0.3 is 0 Å². The molecule has 0 spiro atoms. The summed E-state index contributed by atoms with van der Waals surface area (Å²) in [4.78, 5) is 30.2. The second kappa shape index (κ2) is 6.58. The van der Waals surface area contributed by atoms with Gasteiger partial charge in [0.25, 0.3) is 0 Å². The number of methoxy groups -OCH3 is 1. The first kappa shape index (κ1) is 15.3. The van der Waals surface area contributed by atoms with E-state index in [2.05, 4.69) is 10.3 Å². The molecule has 1 fully saturated rings. The summed E-state index contributed by atoms with van der Waals surface area (Å²) in [5.41, 5.74) is 3.30. The van der Waals surface area contributed by atoms with Gasteiger partial charge in [-0.3, -0.25) is 14.4 Å². The van der Waals surface area contributed by atoms with E-state index < -0.39 is 0 Å². The van der Waals surface area contributed by atoms with Crippen molar-refractivity contribution in [3.8, 4) is 5.75 Å². The van der Waals surface area contributed by atoms with Crippen molar-refractivity contribution >= 4 is 11.8 Å². The summed E-state index contributed by atoms with van der Waals surface area (Å²) < 4.78 is 5.12. The minimum Gasteiger partial charge on any atom is -0.497 e. The SMILES string of the molecule is CONC(=O)[C@@H]1CC(=O)N(C(C)c2ccc(OC)cc2)C1. The van der Waals surface area contributed by atoms with Crippen molar-refractivity contribution in [2.24, 2.45) is 5.92 Å². The summed E-state index contributed by atoms with van der Waals surface area (Å²) in [6, 6.07) is 7.51. The molecule has 0 aliphatic carbocycles. The molecule has 1 N–H and O–H groups in total. The Balaban J connectivity index is 2.06. The van der Waals surface area contributed by atoms with Gasteiger partial charge in [-0.2, -0.15) is 0 Å². The Hall–Kier alpha value is -2.08. The van der Waals surface area contributed by atoms with Gasteiger partial charge in [-0.15, -0.1) is 0 Å². The Morgan fingerprint density at radius 1 is 1.33 bits per heavy atom. The van der Waals surface area contributed by atoms with Crippen molar-refractivity contribution < 1.29 is 19.2 Å². The van der Waals surface area contributed by atoms with Gasteiger partial charge < -0.3 is 9.64 Å². The van der Waals surface area contributed by atoms with E-state index in [0.29, 0.717) is 6.54 Å². The van der Waals surface area contributed by atoms with Gasteiger partial charge in [0.15, 0.2) is 0 Å². The fourth-order valence-corrected chi connectivity index (χ4v) is 2.53. The van der Waals surface area contributed by atoms with Crippen molar-refractivity contribution in [3.63, 3.8) is 0 Å². The summed E-state index contributed by atoms with van der Waals surface area (Å²) in [5.74, 6) is 0.138. The van der Waals surface area contributed by atoms with Gasteiger partial charge in [0, 0.05) is 13.0 Å². The normalized spacial score (nSPS) is 19.5. The quantitative estimate of drug-likeness (QED) is 0.830. The number of likely N-dealkylation sites (tertiary alicyclic amines) is 1. The summed E-state index contributed by atoms with van der Waals surface area (Å²) >= 11 is 0. The van der Waals surface area contributed by atoms with Crippen LogP contribution in [-0.4, -0.2) is 37.5 Å². The van der Waals surface area contributed by atoms with Crippen molar-refractivity contribution in [1.82, 2.24) is 10.4 Å².